The average molecular weight is 68.1 g/mol. The molecule has 3 nitrogen and oxygen atoms in total. The Morgan fingerprint density at radius 1 is 1.20 bits per heavy atom. The number of nitrogens with zero attached hydrogens (tertiary/aromatic N) is 3. The highest BCUT2D eigenvalue weighted by Crippen LogP contribution is 1.82. The van der Waals surface area contributed by atoms with E-state index in [0.29, 0.717) is 0 Å². The predicted molar refractivity (Wildman–Crippen MR) is 16.1 cm³/mol. The summed E-state index contributed by atoms with van der Waals surface area (Å²) < 4.78 is 0. The van der Waals surface area contributed by atoms with Crippen molar-refractivity contribution in [2.75, 3.05) is 0 Å². The van der Waals surface area contributed by atoms with Gasteiger partial charge in [-0.3, -0.25) is 0 Å². The Kier molecular flexibility index (Phi) is 0.400. The minimum Gasteiger partial charge on any atom is -0.137 e. The zero-order valence-corrected chi connectivity index (χ0v) is 2.50. The predicted octanol–water partition coefficient (Wildman–Crippen LogP) is 0.443. The van der Waals surface area contributed by atoms with Gasteiger partial charge in [0.1, 0.15) is 0 Å². The summed E-state index contributed by atoms with van der Waals surface area (Å²) in [6.07, 6.45) is 3.06. The highest BCUT2D eigenvalue weighted by atomic mass is 15.4. The molecule has 5 heavy (non-hydrogen) atoms. The van der Waals surface area contributed by atoms with Crippen molar-refractivity contribution in [3.05, 3.63) is 12.4 Å². The maximum Gasteiger partial charge on any atom is 0.0716 e. The molecule has 0 unspecified atom stereocenters. The molecule has 0 atom stereocenters. The normalized spacial score (nSPS) is 16.0. The van der Waals surface area contributed by atoms with Crippen LogP contribution in [0.25, 0.3) is 0 Å². The Morgan fingerprint density at radius 2 is 2.20 bits per heavy atom. The second kappa shape index (κ2) is 0.839. The summed E-state index contributed by atoms with van der Waals surface area (Å²) in [7, 11) is 0. The highest BCUT2D eigenvalue weighted by molar-refractivity contribution is 4.76. The summed E-state index contributed by atoms with van der Waals surface area (Å²) >= 11 is 0. The molecule has 0 aromatic rings. The van der Waals surface area contributed by atoms with Gasteiger partial charge in [0.25, 0.3) is 0 Å². The first-order chi connectivity index (χ1) is 2.50. The van der Waals surface area contributed by atoms with E-state index in [1.54, 1.807) is 0 Å². The Hall–Kier alpha value is -0.860. The van der Waals surface area contributed by atoms with Crippen LogP contribution in [0.1, 0.15) is 0 Å². The van der Waals surface area contributed by atoms with Crippen molar-refractivity contribution in [3.63, 3.8) is 0 Å². The van der Waals surface area contributed by atoms with E-state index in [0.717, 1.165) is 0 Å². The first-order valence-electron chi connectivity index (χ1n) is 1.25. The van der Waals surface area contributed by atoms with Gasteiger partial charge in [-0.05, 0) is 5.22 Å². The molecule has 0 aromatic carbocycles. The molecule has 0 aliphatic carbocycles. The molecule has 1 aliphatic rings. The minimum atomic E-state index is 1.53. The molecule has 0 saturated heterocycles. The lowest BCUT2D eigenvalue weighted by Crippen LogP contribution is -1.68. The summed E-state index contributed by atoms with van der Waals surface area (Å²) in [5, 5.41) is 6.58. The number of hydrogen-bond acceptors (Lipinski definition) is 2. The van der Waals surface area contributed by atoms with Gasteiger partial charge in [0, 0.05) is 0 Å². The van der Waals surface area contributed by atoms with E-state index in [9.17, 15) is 0 Å². The Morgan fingerprint density at radius 3 is 2.40 bits per heavy atom. The standard InChI is InChI=1S/C2H2N3/c1-2-4-5-3-1/h1-2H. The second-order valence-electron chi connectivity index (χ2n) is 0.619. The van der Waals surface area contributed by atoms with E-state index >= 15 is 0 Å². The zero-order valence-electron chi connectivity index (χ0n) is 2.50. The van der Waals surface area contributed by atoms with Crippen LogP contribution < -0.4 is 5.43 Å². The monoisotopic (exact) mass is 68.0 g/mol. The van der Waals surface area contributed by atoms with Crippen LogP contribution in [0.3, 0.4) is 0 Å². The van der Waals surface area contributed by atoms with Crippen molar-refractivity contribution in [2.45, 2.75) is 0 Å². The fourth-order valence-corrected chi connectivity index (χ4v) is 0.149. The van der Waals surface area contributed by atoms with E-state index in [1.807, 2.05) is 0 Å². The van der Waals surface area contributed by atoms with Crippen LogP contribution in [0.5, 0.6) is 0 Å². The van der Waals surface area contributed by atoms with Crippen LogP contribution in [0.15, 0.2) is 22.7 Å². The first kappa shape index (κ1) is 2.38. The van der Waals surface area contributed by atoms with Crippen LogP contribution in [-0.2, 0) is 0 Å². The van der Waals surface area contributed by atoms with Crippen LogP contribution in [0, 0.1) is 0 Å². The van der Waals surface area contributed by atoms with E-state index in [4.69, 9.17) is 0 Å². The molecule has 0 fully saturated rings. The molecule has 0 N–H and O–H groups in total. The van der Waals surface area contributed by atoms with Crippen molar-refractivity contribution in [3.8, 4) is 0 Å². The maximum atomic E-state index is 3.36. The number of rotatable bonds is 0. The lowest BCUT2D eigenvalue weighted by molar-refractivity contribution is 0.905. The summed E-state index contributed by atoms with van der Waals surface area (Å²) in [5.41, 5.74) is 3.36. The molecule has 0 amide bonds. The van der Waals surface area contributed by atoms with Gasteiger partial charge in [-0.15, -0.1) is 10.5 Å². The van der Waals surface area contributed by atoms with Gasteiger partial charge in [-0.2, -0.15) is 0 Å². The van der Waals surface area contributed by atoms with Crippen molar-refractivity contribution < 1.29 is 0 Å². The van der Waals surface area contributed by atoms with Gasteiger partial charge >= 0.3 is 0 Å². The van der Waals surface area contributed by atoms with Gasteiger partial charge in [-0.1, -0.05) is 0 Å². The summed E-state index contributed by atoms with van der Waals surface area (Å²) in [6.45, 7) is 0. The van der Waals surface area contributed by atoms with E-state index in [-0.39, 0.29) is 0 Å². The van der Waals surface area contributed by atoms with Crippen LogP contribution >= 0.6 is 0 Å². The fourth-order valence-electron chi connectivity index (χ4n) is 0.149. The molecule has 1 heterocycles. The SMILES string of the molecule is C1=CN=N[N]1. The van der Waals surface area contributed by atoms with Gasteiger partial charge < -0.3 is 0 Å². The highest BCUT2D eigenvalue weighted by Gasteiger charge is 1.74. The minimum absolute atomic E-state index is 1.53. The maximum absolute atomic E-state index is 3.36. The summed E-state index contributed by atoms with van der Waals surface area (Å²) in [5.74, 6) is 0. The fraction of sp³-hybridized carbons (Fsp3) is 0. The molecule has 0 saturated carbocycles. The third kappa shape index (κ3) is 0.238. The Labute approximate surface area is 29.4 Å². The second-order valence-corrected chi connectivity index (χ2v) is 0.619. The molecule has 25 valence electrons. The van der Waals surface area contributed by atoms with Crippen molar-refractivity contribution >= 4 is 0 Å². The Balaban J connectivity index is 2.61. The molecule has 0 spiro atoms. The smallest absolute Gasteiger partial charge is 0.0716 e. The van der Waals surface area contributed by atoms with Gasteiger partial charge in [0.15, 0.2) is 0 Å². The molecule has 1 rings (SSSR count). The number of hydrogen-bond donors (Lipinski definition) is 0. The molecule has 3 heteroatoms. The van der Waals surface area contributed by atoms with Crippen LogP contribution in [0.2, 0.25) is 0 Å². The van der Waals surface area contributed by atoms with Crippen molar-refractivity contribution in [2.24, 2.45) is 10.3 Å². The quantitative estimate of drug-likeness (QED) is 0.395. The largest absolute Gasteiger partial charge is 0.137 e. The average Bonchev–Trinajstić information content (AvgIpc) is 1.76. The van der Waals surface area contributed by atoms with E-state index in [2.05, 4.69) is 15.8 Å². The van der Waals surface area contributed by atoms with Crippen molar-refractivity contribution in [1.82, 2.24) is 5.43 Å². The topological polar surface area (TPSA) is 38.8 Å². The van der Waals surface area contributed by atoms with E-state index in [1.165, 1.54) is 12.4 Å². The van der Waals surface area contributed by atoms with Crippen molar-refractivity contribution in [1.29, 1.82) is 0 Å². The molecule has 0 aromatic heterocycles. The summed E-state index contributed by atoms with van der Waals surface area (Å²) in [4.78, 5) is 0. The lowest BCUT2D eigenvalue weighted by Gasteiger charge is -1.58. The molecule has 1 aliphatic heterocycles. The molecule has 1 radical (unpaired) electrons. The first-order valence-corrected chi connectivity index (χ1v) is 1.25. The summed E-state index contributed by atoms with van der Waals surface area (Å²) in [6, 6.07) is 0. The molecular weight excluding hydrogens is 66.0 g/mol. The molecule has 0 bridgehead atoms. The van der Waals surface area contributed by atoms with Gasteiger partial charge in [0.2, 0.25) is 0 Å². The van der Waals surface area contributed by atoms with Crippen LogP contribution in [-0.4, -0.2) is 0 Å². The third-order valence-corrected chi connectivity index (χ3v) is 0.303. The van der Waals surface area contributed by atoms with Crippen LogP contribution in [0.4, 0.5) is 0 Å². The van der Waals surface area contributed by atoms with Gasteiger partial charge in [-0.25, -0.2) is 0 Å². The lowest BCUT2D eigenvalue weighted by atomic mass is 11.0. The van der Waals surface area contributed by atoms with E-state index < -0.39 is 0 Å². The zero-order chi connectivity index (χ0) is 3.54. The molecular formula is C2H2N3. The third-order valence-electron chi connectivity index (χ3n) is 0.303. The van der Waals surface area contributed by atoms with Gasteiger partial charge in [0.05, 0.1) is 12.4 Å². The Bertz CT molecular complexity index is 63.0.